The van der Waals surface area contributed by atoms with E-state index in [0.29, 0.717) is 39.2 Å². The molecule has 2 atom stereocenters. The van der Waals surface area contributed by atoms with Gasteiger partial charge in [-0.25, -0.2) is 23.1 Å². The molecule has 164 valence electrons. The molecular weight excluding hydrogens is 444 g/mol. The van der Waals surface area contributed by atoms with Crippen molar-refractivity contribution in [2.75, 3.05) is 5.32 Å². The van der Waals surface area contributed by atoms with Crippen molar-refractivity contribution in [1.29, 1.82) is 0 Å². The number of thiophene rings is 1. The average molecular weight is 471 g/mol. The Morgan fingerprint density at radius 1 is 1.33 bits per heavy atom. The van der Waals surface area contributed by atoms with Gasteiger partial charge in [-0.15, -0.1) is 11.3 Å². The molecule has 8 nitrogen and oxygen atoms in total. The summed E-state index contributed by atoms with van der Waals surface area (Å²) in [5.74, 6) is 2.62. The van der Waals surface area contributed by atoms with Gasteiger partial charge in [0.25, 0.3) is 10.0 Å². The van der Waals surface area contributed by atoms with E-state index in [0.717, 1.165) is 23.5 Å². The maximum absolute atomic E-state index is 12.6. The zero-order valence-corrected chi connectivity index (χ0v) is 19.4. The van der Waals surface area contributed by atoms with Gasteiger partial charge in [0.2, 0.25) is 0 Å². The summed E-state index contributed by atoms with van der Waals surface area (Å²) in [6.45, 7) is 7.59. The summed E-state index contributed by atoms with van der Waals surface area (Å²) >= 11 is 7.36. The molecule has 4 rings (SSSR count). The van der Waals surface area contributed by atoms with Gasteiger partial charge in [0.15, 0.2) is 17.5 Å². The average Bonchev–Trinajstić information content (AvgIpc) is 3.04. The first-order chi connectivity index (χ1) is 14.0. The Kier molecular flexibility index (Phi) is 5.38. The highest BCUT2D eigenvalue weighted by Gasteiger charge is 2.35. The molecule has 0 amide bonds. The largest absolute Gasteiger partial charge is 0.322 e. The molecule has 30 heavy (non-hydrogen) atoms. The normalized spacial score (nSPS) is 19.1. The van der Waals surface area contributed by atoms with Crippen LogP contribution in [0.3, 0.4) is 0 Å². The Bertz CT molecular complexity index is 1190. The van der Waals surface area contributed by atoms with E-state index in [2.05, 4.69) is 37.1 Å². The minimum Gasteiger partial charge on any atom is -0.322 e. The Morgan fingerprint density at radius 3 is 2.73 bits per heavy atom. The van der Waals surface area contributed by atoms with Crippen molar-refractivity contribution in [2.45, 2.75) is 49.8 Å². The minimum atomic E-state index is -3.62. The van der Waals surface area contributed by atoms with Crippen LogP contribution < -0.4 is 10.0 Å². The molecule has 0 radical (unpaired) electrons. The van der Waals surface area contributed by atoms with E-state index in [-0.39, 0.29) is 7.06 Å². The minimum absolute atomic E-state index is 0. The highest BCUT2D eigenvalue weighted by atomic mass is 35.5. The van der Waals surface area contributed by atoms with Crippen LogP contribution in [0.2, 0.25) is 5.02 Å². The number of halogens is 1. The number of hydrogen-bond acceptors (Lipinski definition) is 7. The second-order valence-electron chi connectivity index (χ2n) is 8.52. The number of aromatic amines is 1. The number of nitrogens with zero attached hydrogens (tertiary/aromatic N) is 3. The van der Waals surface area contributed by atoms with E-state index in [1.165, 1.54) is 6.20 Å². The number of sulfonamides is 1. The fourth-order valence-electron chi connectivity index (χ4n) is 3.08. The summed E-state index contributed by atoms with van der Waals surface area (Å²) in [5, 5.41) is 10.8. The lowest BCUT2D eigenvalue weighted by Gasteiger charge is -2.19. The van der Waals surface area contributed by atoms with Crippen LogP contribution >= 0.6 is 22.9 Å². The fourth-order valence-corrected chi connectivity index (χ4v) is 5.88. The molecule has 3 aromatic rings. The van der Waals surface area contributed by atoms with Gasteiger partial charge in [-0.1, -0.05) is 18.5 Å². The number of aromatic nitrogens is 4. The number of anilines is 2. The Balaban J connectivity index is 0.00000181. The molecule has 0 aliphatic heterocycles. The Morgan fingerprint density at radius 2 is 2.07 bits per heavy atom. The molecule has 0 aromatic carbocycles. The van der Waals surface area contributed by atoms with Crippen molar-refractivity contribution in [3.05, 3.63) is 35.1 Å². The monoisotopic (exact) mass is 470 g/mol. The van der Waals surface area contributed by atoms with Crippen molar-refractivity contribution in [3.8, 4) is 10.7 Å². The van der Waals surface area contributed by atoms with Gasteiger partial charge >= 0.3 is 0 Å². The third-order valence-corrected chi connectivity index (χ3v) is 8.21. The molecule has 1 aliphatic carbocycles. The van der Waals surface area contributed by atoms with E-state index in [1.54, 1.807) is 32.9 Å². The van der Waals surface area contributed by atoms with Gasteiger partial charge in [-0.05, 0) is 45.2 Å². The molecule has 3 heterocycles. The summed E-state index contributed by atoms with van der Waals surface area (Å²) in [5.41, 5.74) is 0.521. The quantitative estimate of drug-likeness (QED) is 0.466. The van der Waals surface area contributed by atoms with Crippen molar-refractivity contribution in [1.82, 2.24) is 24.9 Å². The van der Waals surface area contributed by atoms with Gasteiger partial charge in [0.1, 0.15) is 9.23 Å². The molecule has 1 aliphatic rings. The molecule has 2 unspecified atom stereocenters. The first kappa shape index (κ1) is 21.2. The Hall–Kier alpha value is -2.01. The number of hydrogen-bond donors (Lipinski definition) is 3. The fraction of sp³-hybridized carbons (Fsp3) is 0.421. The van der Waals surface area contributed by atoms with Gasteiger partial charge in [-0.2, -0.15) is 5.10 Å². The SMILES string of the molecule is CC1CC1c1cc(Nc2nc(-c3ccc(S(=O)(=O)NC(C)(C)C)s3)ncc2Cl)n[nH]1.[HH].[HH]. The van der Waals surface area contributed by atoms with Crippen molar-refractivity contribution < 1.29 is 11.3 Å². The summed E-state index contributed by atoms with van der Waals surface area (Å²) in [7, 11) is -3.62. The van der Waals surface area contributed by atoms with Crippen LogP contribution in [0.25, 0.3) is 10.7 Å². The number of H-pyrrole nitrogens is 1. The van der Waals surface area contributed by atoms with Crippen LogP contribution in [0.15, 0.2) is 28.6 Å². The maximum Gasteiger partial charge on any atom is 0.250 e. The maximum atomic E-state index is 12.6. The molecular formula is C19H27ClN6O2S2. The second-order valence-corrected chi connectivity index (χ2v) is 11.9. The van der Waals surface area contributed by atoms with Crippen LogP contribution in [0.1, 0.15) is 48.6 Å². The third-order valence-electron chi connectivity index (χ3n) is 4.60. The van der Waals surface area contributed by atoms with Crippen molar-refractivity contribution in [2.24, 2.45) is 5.92 Å². The van der Waals surface area contributed by atoms with E-state index < -0.39 is 15.6 Å². The summed E-state index contributed by atoms with van der Waals surface area (Å²) < 4.78 is 28.0. The first-order valence-corrected chi connectivity index (χ1v) is 12.2. The molecule has 11 heteroatoms. The zero-order valence-electron chi connectivity index (χ0n) is 17.0. The molecule has 1 fully saturated rings. The van der Waals surface area contributed by atoms with Crippen molar-refractivity contribution in [3.63, 3.8) is 0 Å². The van der Waals surface area contributed by atoms with E-state index in [9.17, 15) is 8.42 Å². The summed E-state index contributed by atoms with van der Waals surface area (Å²) in [4.78, 5) is 9.36. The topological polar surface area (TPSA) is 113 Å². The van der Waals surface area contributed by atoms with Gasteiger partial charge < -0.3 is 5.32 Å². The smallest absolute Gasteiger partial charge is 0.250 e. The number of rotatable bonds is 6. The van der Waals surface area contributed by atoms with Crippen LogP contribution in [0.5, 0.6) is 0 Å². The summed E-state index contributed by atoms with van der Waals surface area (Å²) in [6.07, 6.45) is 2.65. The van der Waals surface area contributed by atoms with E-state index in [1.807, 2.05) is 6.07 Å². The van der Waals surface area contributed by atoms with Crippen molar-refractivity contribution >= 4 is 44.6 Å². The van der Waals surface area contributed by atoms with E-state index in [4.69, 9.17) is 11.6 Å². The second kappa shape index (κ2) is 7.60. The summed E-state index contributed by atoms with van der Waals surface area (Å²) in [6, 6.07) is 5.20. The molecule has 0 saturated heterocycles. The van der Waals surface area contributed by atoms with E-state index >= 15 is 0 Å². The lowest BCUT2D eigenvalue weighted by Crippen LogP contribution is -2.40. The lowest BCUT2D eigenvalue weighted by molar-refractivity contribution is 0.492. The number of nitrogens with one attached hydrogen (secondary N) is 3. The third kappa shape index (κ3) is 4.66. The highest BCUT2D eigenvalue weighted by molar-refractivity contribution is 7.91. The molecule has 0 spiro atoms. The molecule has 0 bridgehead atoms. The molecule has 3 aromatic heterocycles. The predicted molar refractivity (Wildman–Crippen MR) is 123 cm³/mol. The molecule has 1 saturated carbocycles. The molecule has 3 N–H and O–H groups in total. The predicted octanol–water partition coefficient (Wildman–Crippen LogP) is 5.02. The highest BCUT2D eigenvalue weighted by Crippen LogP contribution is 2.46. The van der Waals surface area contributed by atoms with Crippen LogP contribution in [-0.4, -0.2) is 34.1 Å². The van der Waals surface area contributed by atoms with Gasteiger partial charge in [0.05, 0.1) is 11.1 Å². The lowest BCUT2D eigenvalue weighted by atomic mass is 10.1. The Labute approximate surface area is 187 Å². The van der Waals surface area contributed by atoms with Crippen LogP contribution in [-0.2, 0) is 10.0 Å². The zero-order chi connectivity index (χ0) is 21.7. The van der Waals surface area contributed by atoms with Gasteiger partial charge in [-0.3, -0.25) is 5.10 Å². The van der Waals surface area contributed by atoms with Crippen LogP contribution in [0.4, 0.5) is 11.6 Å². The van der Waals surface area contributed by atoms with Gasteiger partial charge in [0, 0.05) is 26.1 Å². The standard InChI is InChI=1S/C19H23ClN6O2S2.2H2/c1-10-7-11(10)13-8-15(25-24-13)22-17-12(20)9-21-18(23-17)14-5-6-16(29-14)30(27,28)26-19(2,3)4;;/h5-6,8-11,26H,7H2,1-4H3,(H2,21,22,23,24,25);2*1H. The first-order valence-electron chi connectivity index (χ1n) is 9.51. The van der Waals surface area contributed by atoms with Crippen LogP contribution in [0, 0.1) is 5.92 Å².